The number of aryl methyl sites for hydroxylation is 1. The first-order valence-electron chi connectivity index (χ1n) is 6.51. The molecule has 0 unspecified atom stereocenters. The molecule has 0 radical (unpaired) electrons. The zero-order chi connectivity index (χ0) is 14.0. The van der Waals surface area contributed by atoms with Crippen molar-refractivity contribution in [1.29, 1.82) is 0 Å². The van der Waals surface area contributed by atoms with Crippen LogP contribution in [0.1, 0.15) is 30.8 Å². The largest absolute Gasteiger partial charge is 0.310 e. The first-order valence-corrected chi connectivity index (χ1v) is 6.89. The normalized spacial score (nSPS) is 11.3. The smallest absolute Gasteiger partial charge is 0.0997 e. The first-order chi connectivity index (χ1) is 8.99. The average Bonchev–Trinajstić information content (AvgIpc) is 2.68. The zero-order valence-electron chi connectivity index (χ0n) is 11.9. The number of benzene rings is 1. The molecule has 1 aromatic carbocycles. The quantitative estimate of drug-likeness (QED) is 0.925. The third-order valence-corrected chi connectivity index (χ3v) is 3.49. The molecule has 102 valence electrons. The van der Waals surface area contributed by atoms with E-state index < -0.39 is 0 Å². The molecule has 1 N–H and O–H groups in total. The molecule has 0 spiro atoms. The van der Waals surface area contributed by atoms with E-state index in [0.717, 1.165) is 28.6 Å². The summed E-state index contributed by atoms with van der Waals surface area (Å²) in [5, 5.41) is 4.19. The van der Waals surface area contributed by atoms with E-state index in [0.29, 0.717) is 6.04 Å². The summed E-state index contributed by atoms with van der Waals surface area (Å²) in [7, 11) is 0. The molecule has 0 aliphatic carbocycles. The molecule has 0 aliphatic heterocycles. The Kier molecular flexibility index (Phi) is 4.27. The Bertz CT molecular complexity index is 573. The van der Waals surface area contributed by atoms with Crippen molar-refractivity contribution < 1.29 is 0 Å². The molecule has 0 bridgehead atoms. The summed E-state index contributed by atoms with van der Waals surface area (Å²) in [6, 6.07) is 6.45. The number of rotatable bonds is 4. The van der Waals surface area contributed by atoms with Gasteiger partial charge in [0.2, 0.25) is 0 Å². The number of halogens is 1. The second kappa shape index (κ2) is 5.76. The minimum absolute atomic E-state index is 0.453. The van der Waals surface area contributed by atoms with Crippen LogP contribution in [0.3, 0.4) is 0 Å². The van der Waals surface area contributed by atoms with Crippen molar-refractivity contribution in [2.24, 2.45) is 0 Å². The molecule has 2 aromatic rings. The molecule has 0 saturated carbocycles. The van der Waals surface area contributed by atoms with E-state index in [2.05, 4.69) is 41.7 Å². The van der Waals surface area contributed by atoms with Gasteiger partial charge < -0.3 is 9.88 Å². The fourth-order valence-corrected chi connectivity index (χ4v) is 2.13. The third kappa shape index (κ3) is 3.17. The van der Waals surface area contributed by atoms with Gasteiger partial charge in [-0.25, -0.2) is 4.98 Å². The lowest BCUT2D eigenvalue weighted by molar-refractivity contribution is 0.587. The first kappa shape index (κ1) is 14.1. The predicted octanol–water partition coefficient (Wildman–Crippen LogP) is 3.64. The van der Waals surface area contributed by atoms with Crippen LogP contribution in [0.5, 0.6) is 0 Å². The number of hydrogen-bond acceptors (Lipinski definition) is 2. The maximum absolute atomic E-state index is 6.13. The summed E-state index contributed by atoms with van der Waals surface area (Å²) in [5.41, 5.74) is 4.51. The van der Waals surface area contributed by atoms with E-state index in [9.17, 15) is 0 Å². The maximum atomic E-state index is 6.13. The van der Waals surface area contributed by atoms with Crippen LogP contribution in [0, 0.1) is 13.8 Å². The van der Waals surface area contributed by atoms with Crippen molar-refractivity contribution in [2.45, 2.75) is 40.3 Å². The number of aromatic nitrogens is 2. The van der Waals surface area contributed by atoms with Crippen LogP contribution in [0.25, 0.3) is 5.69 Å². The van der Waals surface area contributed by atoms with Crippen molar-refractivity contribution >= 4 is 11.6 Å². The summed E-state index contributed by atoms with van der Waals surface area (Å²) >= 11 is 6.13. The second-order valence-electron chi connectivity index (χ2n) is 5.09. The van der Waals surface area contributed by atoms with Crippen LogP contribution >= 0.6 is 11.6 Å². The third-order valence-electron chi connectivity index (χ3n) is 3.26. The number of nitrogens with one attached hydrogen (secondary N) is 1. The fourth-order valence-electron chi connectivity index (χ4n) is 1.97. The Morgan fingerprint density at radius 2 is 2.05 bits per heavy atom. The van der Waals surface area contributed by atoms with Crippen LogP contribution in [0.15, 0.2) is 24.5 Å². The van der Waals surface area contributed by atoms with Crippen LogP contribution in [-0.4, -0.2) is 15.6 Å². The van der Waals surface area contributed by atoms with Gasteiger partial charge in [0.05, 0.1) is 17.7 Å². The summed E-state index contributed by atoms with van der Waals surface area (Å²) < 4.78 is 2.10. The van der Waals surface area contributed by atoms with Crippen LogP contribution in [-0.2, 0) is 6.54 Å². The maximum Gasteiger partial charge on any atom is 0.0997 e. The SMILES string of the molecule is Cc1ncn(-c2cc(Cl)ccc2CNC(C)C)c1C. The zero-order valence-corrected chi connectivity index (χ0v) is 12.6. The van der Waals surface area contributed by atoms with E-state index >= 15 is 0 Å². The van der Waals surface area contributed by atoms with Gasteiger partial charge in [-0.15, -0.1) is 0 Å². The van der Waals surface area contributed by atoms with E-state index in [1.165, 1.54) is 5.56 Å². The highest BCUT2D eigenvalue weighted by Gasteiger charge is 2.10. The van der Waals surface area contributed by atoms with Crippen molar-refractivity contribution in [3.8, 4) is 5.69 Å². The molecule has 0 atom stereocenters. The molecular weight excluding hydrogens is 258 g/mol. The molecule has 1 aromatic heterocycles. The van der Waals surface area contributed by atoms with Gasteiger partial charge in [0.25, 0.3) is 0 Å². The topological polar surface area (TPSA) is 29.9 Å². The van der Waals surface area contributed by atoms with Gasteiger partial charge in [-0.2, -0.15) is 0 Å². The Hall–Kier alpha value is -1.32. The lowest BCUT2D eigenvalue weighted by atomic mass is 10.1. The van der Waals surface area contributed by atoms with E-state index in [4.69, 9.17) is 11.6 Å². The van der Waals surface area contributed by atoms with Gasteiger partial charge in [-0.05, 0) is 31.5 Å². The highest BCUT2D eigenvalue weighted by molar-refractivity contribution is 6.30. The van der Waals surface area contributed by atoms with Gasteiger partial charge in [0.1, 0.15) is 0 Å². The molecule has 0 saturated heterocycles. The molecule has 19 heavy (non-hydrogen) atoms. The number of nitrogens with zero attached hydrogens (tertiary/aromatic N) is 2. The summed E-state index contributed by atoms with van der Waals surface area (Å²) in [5.74, 6) is 0. The van der Waals surface area contributed by atoms with Gasteiger partial charge in [0.15, 0.2) is 0 Å². The Morgan fingerprint density at radius 1 is 1.32 bits per heavy atom. The van der Waals surface area contributed by atoms with E-state index in [1.54, 1.807) is 0 Å². The van der Waals surface area contributed by atoms with Crippen LogP contribution in [0.4, 0.5) is 0 Å². The monoisotopic (exact) mass is 277 g/mol. The van der Waals surface area contributed by atoms with Gasteiger partial charge >= 0.3 is 0 Å². The summed E-state index contributed by atoms with van der Waals surface area (Å²) in [6.07, 6.45) is 1.86. The lowest BCUT2D eigenvalue weighted by Crippen LogP contribution is -2.22. The van der Waals surface area contributed by atoms with E-state index in [-0.39, 0.29) is 0 Å². The van der Waals surface area contributed by atoms with Gasteiger partial charge in [0, 0.05) is 23.3 Å². The molecule has 1 heterocycles. The molecule has 0 aliphatic rings. The van der Waals surface area contributed by atoms with Crippen molar-refractivity contribution in [3.05, 3.63) is 46.5 Å². The fraction of sp³-hybridized carbons (Fsp3) is 0.400. The minimum atomic E-state index is 0.453. The summed E-state index contributed by atoms with van der Waals surface area (Å²) in [6.45, 7) is 9.19. The molecule has 2 rings (SSSR count). The minimum Gasteiger partial charge on any atom is -0.310 e. The highest BCUT2D eigenvalue weighted by Crippen LogP contribution is 2.22. The standard InChI is InChI=1S/C15H20ClN3/c1-10(2)17-8-13-5-6-14(16)7-15(13)19-9-18-11(3)12(19)4/h5-7,9-10,17H,8H2,1-4H3. The predicted molar refractivity (Wildman–Crippen MR) is 80.0 cm³/mol. The number of imidazole rings is 1. The van der Waals surface area contributed by atoms with Crippen molar-refractivity contribution in [3.63, 3.8) is 0 Å². The van der Waals surface area contributed by atoms with Crippen LogP contribution in [0.2, 0.25) is 5.02 Å². The molecule has 0 amide bonds. The Labute approximate surface area is 119 Å². The average molecular weight is 278 g/mol. The highest BCUT2D eigenvalue weighted by atomic mass is 35.5. The van der Waals surface area contributed by atoms with Crippen molar-refractivity contribution in [2.75, 3.05) is 0 Å². The molecule has 4 heteroatoms. The van der Waals surface area contributed by atoms with Gasteiger partial charge in [-0.1, -0.05) is 31.5 Å². The number of hydrogen-bond donors (Lipinski definition) is 1. The second-order valence-corrected chi connectivity index (χ2v) is 5.53. The van der Waals surface area contributed by atoms with Gasteiger partial charge in [-0.3, -0.25) is 0 Å². The molecule has 3 nitrogen and oxygen atoms in total. The lowest BCUT2D eigenvalue weighted by Gasteiger charge is -2.15. The van der Waals surface area contributed by atoms with Crippen LogP contribution < -0.4 is 5.32 Å². The summed E-state index contributed by atoms with van der Waals surface area (Å²) in [4.78, 5) is 4.36. The molecular formula is C15H20ClN3. The van der Waals surface area contributed by atoms with Crippen molar-refractivity contribution in [1.82, 2.24) is 14.9 Å². The Morgan fingerprint density at radius 3 is 2.63 bits per heavy atom. The Balaban J connectivity index is 2.42. The van der Waals surface area contributed by atoms with E-state index in [1.807, 2.05) is 25.4 Å². The molecule has 0 fully saturated rings.